The molecule has 2 atom stereocenters. The highest BCUT2D eigenvalue weighted by atomic mass is 19.1. The van der Waals surface area contributed by atoms with Crippen molar-refractivity contribution in [3.05, 3.63) is 35.1 Å². The lowest BCUT2D eigenvalue weighted by Gasteiger charge is -2.21. The molecule has 1 aromatic rings. The average molecular weight is 236 g/mol. The fourth-order valence-corrected chi connectivity index (χ4v) is 1.73. The number of rotatable bonds is 4. The van der Waals surface area contributed by atoms with E-state index in [9.17, 15) is 9.50 Å². The number of hydrogen-bond acceptors (Lipinski definition) is 3. The fourth-order valence-electron chi connectivity index (χ4n) is 1.73. The number of benzene rings is 1. The Hall–Kier alpha value is -1.44. The van der Waals surface area contributed by atoms with Gasteiger partial charge in [-0.15, -0.1) is 0 Å². The summed E-state index contributed by atoms with van der Waals surface area (Å²) in [6.45, 7) is 4.02. The first-order valence-corrected chi connectivity index (χ1v) is 5.59. The van der Waals surface area contributed by atoms with Gasteiger partial charge < -0.3 is 10.8 Å². The van der Waals surface area contributed by atoms with Crippen LogP contribution in [-0.4, -0.2) is 11.1 Å². The summed E-state index contributed by atoms with van der Waals surface area (Å²) >= 11 is 0. The molecule has 3 nitrogen and oxygen atoms in total. The van der Waals surface area contributed by atoms with E-state index in [1.165, 1.54) is 18.2 Å². The molecular formula is C13H17FN2O. The molecule has 1 aromatic carbocycles. The Bertz CT molecular complexity index is 426. The molecule has 92 valence electrons. The number of halogens is 1. The monoisotopic (exact) mass is 236 g/mol. The van der Waals surface area contributed by atoms with Crippen LogP contribution in [0.3, 0.4) is 0 Å². The predicted octanol–water partition coefficient (Wildman–Crippen LogP) is 2.10. The molecule has 2 unspecified atom stereocenters. The zero-order valence-corrected chi connectivity index (χ0v) is 10.0. The van der Waals surface area contributed by atoms with Crippen molar-refractivity contribution in [2.75, 3.05) is 0 Å². The molecule has 0 aliphatic heterocycles. The second-order valence-corrected chi connectivity index (χ2v) is 4.59. The van der Waals surface area contributed by atoms with Gasteiger partial charge in [-0.25, -0.2) is 4.39 Å². The van der Waals surface area contributed by atoms with Crippen molar-refractivity contribution >= 4 is 0 Å². The predicted molar refractivity (Wildman–Crippen MR) is 63.5 cm³/mol. The molecule has 17 heavy (non-hydrogen) atoms. The second kappa shape index (κ2) is 5.76. The first kappa shape index (κ1) is 13.6. The summed E-state index contributed by atoms with van der Waals surface area (Å²) in [5.74, 6) is -0.212. The molecule has 0 spiro atoms. The summed E-state index contributed by atoms with van der Waals surface area (Å²) < 4.78 is 13.1. The summed E-state index contributed by atoms with van der Waals surface area (Å²) in [7, 11) is 0. The third-order valence-corrected chi connectivity index (χ3v) is 2.60. The molecule has 0 fully saturated rings. The molecular weight excluding hydrogens is 219 g/mol. The van der Waals surface area contributed by atoms with Crippen LogP contribution in [0.1, 0.15) is 37.5 Å². The highest BCUT2D eigenvalue weighted by molar-refractivity contribution is 5.35. The smallest absolute Gasteiger partial charge is 0.140 e. The number of hydrogen-bond donors (Lipinski definition) is 2. The van der Waals surface area contributed by atoms with E-state index in [2.05, 4.69) is 0 Å². The number of nitrogens with two attached hydrogens (primary N) is 1. The maximum Gasteiger partial charge on any atom is 0.140 e. The van der Waals surface area contributed by atoms with E-state index in [-0.39, 0.29) is 5.56 Å². The number of aliphatic hydroxyl groups excluding tert-OH is 1. The van der Waals surface area contributed by atoms with Crippen molar-refractivity contribution in [1.29, 1.82) is 5.26 Å². The van der Waals surface area contributed by atoms with Gasteiger partial charge in [0.1, 0.15) is 11.9 Å². The lowest BCUT2D eigenvalue weighted by molar-refractivity contribution is 0.136. The Morgan fingerprint density at radius 1 is 1.47 bits per heavy atom. The first-order chi connectivity index (χ1) is 7.95. The van der Waals surface area contributed by atoms with Gasteiger partial charge in [0, 0.05) is 6.04 Å². The summed E-state index contributed by atoms with van der Waals surface area (Å²) in [4.78, 5) is 0. The standard InChI is InChI=1S/C13H17FN2O/c1-8(2)5-12(16)13(17)9-3-4-11(14)10(6-9)7-15/h3-4,6,8,12-13,17H,5,16H2,1-2H3. The lowest BCUT2D eigenvalue weighted by atomic mass is 9.94. The molecule has 0 radical (unpaired) electrons. The van der Waals surface area contributed by atoms with Crippen molar-refractivity contribution < 1.29 is 9.50 Å². The van der Waals surface area contributed by atoms with Crippen LogP contribution >= 0.6 is 0 Å². The summed E-state index contributed by atoms with van der Waals surface area (Å²) in [5, 5.41) is 18.7. The topological polar surface area (TPSA) is 70.0 Å². The maximum atomic E-state index is 13.1. The Balaban J connectivity index is 2.89. The van der Waals surface area contributed by atoms with E-state index in [0.717, 1.165) is 0 Å². The number of nitriles is 1. The molecule has 1 rings (SSSR count). The molecule has 3 N–H and O–H groups in total. The highest BCUT2D eigenvalue weighted by Crippen LogP contribution is 2.22. The van der Waals surface area contributed by atoms with Gasteiger partial charge in [0.15, 0.2) is 0 Å². The summed E-state index contributed by atoms with van der Waals surface area (Å²) in [5.41, 5.74) is 6.26. The molecule has 0 bridgehead atoms. The fraction of sp³-hybridized carbons (Fsp3) is 0.462. The molecule has 0 amide bonds. The largest absolute Gasteiger partial charge is 0.387 e. The Kier molecular flexibility index (Phi) is 4.62. The van der Waals surface area contributed by atoms with Crippen molar-refractivity contribution in [3.8, 4) is 6.07 Å². The zero-order valence-electron chi connectivity index (χ0n) is 10.0. The van der Waals surface area contributed by atoms with Gasteiger partial charge >= 0.3 is 0 Å². The molecule has 0 saturated carbocycles. The summed E-state index contributed by atoms with van der Waals surface area (Å²) in [6.07, 6.45) is -0.203. The van der Waals surface area contributed by atoms with Crippen LogP contribution < -0.4 is 5.73 Å². The Labute approximate surface area is 101 Å². The maximum absolute atomic E-state index is 13.1. The van der Waals surface area contributed by atoms with E-state index >= 15 is 0 Å². The van der Waals surface area contributed by atoms with Gasteiger partial charge in [0.2, 0.25) is 0 Å². The molecule has 0 saturated heterocycles. The van der Waals surface area contributed by atoms with Gasteiger partial charge in [-0.2, -0.15) is 5.26 Å². The zero-order chi connectivity index (χ0) is 13.0. The van der Waals surface area contributed by atoms with Crippen molar-refractivity contribution in [1.82, 2.24) is 0 Å². The SMILES string of the molecule is CC(C)CC(N)C(O)c1ccc(F)c(C#N)c1. The third kappa shape index (κ3) is 3.52. The van der Waals surface area contributed by atoms with Crippen molar-refractivity contribution in [2.24, 2.45) is 11.7 Å². The molecule has 4 heteroatoms. The first-order valence-electron chi connectivity index (χ1n) is 5.59. The van der Waals surface area contributed by atoms with E-state index in [1.54, 1.807) is 6.07 Å². The van der Waals surface area contributed by atoms with Gasteiger partial charge in [0.05, 0.1) is 11.7 Å². The van der Waals surface area contributed by atoms with Gasteiger partial charge in [0.25, 0.3) is 0 Å². The minimum absolute atomic E-state index is 0.0710. The van der Waals surface area contributed by atoms with Gasteiger partial charge in [-0.1, -0.05) is 19.9 Å². The van der Waals surface area contributed by atoms with Crippen LogP contribution in [0.4, 0.5) is 4.39 Å². The molecule has 0 aliphatic carbocycles. The van der Waals surface area contributed by atoms with Crippen LogP contribution in [0.15, 0.2) is 18.2 Å². The van der Waals surface area contributed by atoms with Crippen LogP contribution in [0.25, 0.3) is 0 Å². The lowest BCUT2D eigenvalue weighted by Crippen LogP contribution is -2.29. The van der Waals surface area contributed by atoms with E-state index in [1.807, 2.05) is 13.8 Å². The van der Waals surface area contributed by atoms with Crippen molar-refractivity contribution in [3.63, 3.8) is 0 Å². The van der Waals surface area contributed by atoms with E-state index < -0.39 is 18.0 Å². The Morgan fingerprint density at radius 3 is 2.65 bits per heavy atom. The average Bonchev–Trinajstić information content (AvgIpc) is 2.27. The van der Waals surface area contributed by atoms with Crippen LogP contribution in [-0.2, 0) is 0 Å². The van der Waals surface area contributed by atoms with Crippen molar-refractivity contribution in [2.45, 2.75) is 32.4 Å². The third-order valence-electron chi connectivity index (χ3n) is 2.60. The molecule has 0 aliphatic rings. The van der Waals surface area contributed by atoms with Crippen LogP contribution in [0.5, 0.6) is 0 Å². The number of nitrogens with zero attached hydrogens (tertiary/aromatic N) is 1. The molecule has 0 heterocycles. The highest BCUT2D eigenvalue weighted by Gasteiger charge is 2.19. The van der Waals surface area contributed by atoms with Gasteiger partial charge in [-0.05, 0) is 30.0 Å². The quantitative estimate of drug-likeness (QED) is 0.841. The Morgan fingerprint density at radius 2 is 2.12 bits per heavy atom. The number of aliphatic hydroxyl groups is 1. The van der Waals surface area contributed by atoms with Crippen LogP contribution in [0.2, 0.25) is 0 Å². The van der Waals surface area contributed by atoms with E-state index in [4.69, 9.17) is 11.0 Å². The molecule has 0 aromatic heterocycles. The minimum atomic E-state index is -0.870. The second-order valence-electron chi connectivity index (χ2n) is 4.59. The van der Waals surface area contributed by atoms with Crippen LogP contribution in [0, 0.1) is 23.1 Å². The minimum Gasteiger partial charge on any atom is -0.387 e. The normalized spacial score (nSPS) is 14.4. The van der Waals surface area contributed by atoms with E-state index in [0.29, 0.717) is 17.9 Å². The summed E-state index contributed by atoms with van der Waals surface area (Å²) in [6, 6.07) is 5.32. The van der Waals surface area contributed by atoms with Gasteiger partial charge in [-0.3, -0.25) is 0 Å².